The Morgan fingerprint density at radius 3 is 2.58 bits per heavy atom. The number of nitrogens with zero attached hydrogens (tertiary/aromatic N) is 1. The summed E-state index contributed by atoms with van der Waals surface area (Å²) in [5.41, 5.74) is 6.76. The lowest BCUT2D eigenvalue weighted by molar-refractivity contribution is -0.125. The summed E-state index contributed by atoms with van der Waals surface area (Å²) in [6.45, 7) is 0.0733. The Morgan fingerprint density at radius 1 is 1.32 bits per heavy atom. The van der Waals surface area contributed by atoms with Crippen LogP contribution in [0.25, 0.3) is 0 Å². The van der Waals surface area contributed by atoms with E-state index in [1.807, 2.05) is 0 Å². The van der Waals surface area contributed by atoms with E-state index < -0.39 is 6.03 Å². The second-order valence-electron chi connectivity index (χ2n) is 4.12. The maximum Gasteiger partial charge on any atom is 0.324 e. The summed E-state index contributed by atoms with van der Waals surface area (Å²) in [6.07, 6.45) is 0.0591. The van der Waals surface area contributed by atoms with Gasteiger partial charge in [0.2, 0.25) is 11.8 Å². The van der Waals surface area contributed by atoms with Crippen LogP contribution in [-0.2, 0) is 9.59 Å². The molecule has 0 spiro atoms. The van der Waals surface area contributed by atoms with Crippen molar-refractivity contribution in [2.45, 2.75) is 6.42 Å². The van der Waals surface area contributed by atoms with E-state index in [9.17, 15) is 14.4 Å². The summed E-state index contributed by atoms with van der Waals surface area (Å²) in [6, 6.07) is 6.26. The molecule has 1 aromatic rings. The van der Waals surface area contributed by atoms with Crippen LogP contribution in [-0.4, -0.2) is 35.8 Å². The number of hydrogen-bond donors (Lipinski definition) is 3. The van der Waals surface area contributed by atoms with Gasteiger partial charge in [-0.3, -0.25) is 14.5 Å². The largest absolute Gasteiger partial charge is 0.399 e. The number of imide groups is 1. The van der Waals surface area contributed by atoms with Crippen LogP contribution >= 0.6 is 0 Å². The molecule has 0 aliphatic carbocycles. The molecular formula is C12H14N4O3. The molecule has 2 rings (SSSR count). The second kappa shape index (κ2) is 5.38. The van der Waals surface area contributed by atoms with E-state index in [0.717, 1.165) is 4.90 Å². The summed E-state index contributed by atoms with van der Waals surface area (Å²) >= 11 is 0. The zero-order valence-corrected chi connectivity index (χ0v) is 10.2. The number of nitrogens with one attached hydrogen (secondary N) is 2. The molecule has 4 N–H and O–H groups in total. The van der Waals surface area contributed by atoms with Crippen molar-refractivity contribution in [3.8, 4) is 0 Å². The summed E-state index contributed by atoms with van der Waals surface area (Å²) in [4.78, 5) is 35.2. The Morgan fingerprint density at radius 2 is 2.00 bits per heavy atom. The molecule has 4 amide bonds. The number of rotatable bonds is 4. The lowest BCUT2D eigenvalue weighted by atomic mass is 10.2. The fourth-order valence-electron chi connectivity index (χ4n) is 1.68. The predicted octanol–water partition coefficient (Wildman–Crippen LogP) is 0.149. The quantitative estimate of drug-likeness (QED) is 0.530. The minimum absolute atomic E-state index is 0.00157. The van der Waals surface area contributed by atoms with Gasteiger partial charge in [0, 0.05) is 24.3 Å². The smallest absolute Gasteiger partial charge is 0.324 e. The molecule has 0 bridgehead atoms. The number of benzene rings is 1. The first-order valence-electron chi connectivity index (χ1n) is 5.80. The molecule has 1 aliphatic heterocycles. The molecule has 7 heteroatoms. The van der Waals surface area contributed by atoms with Crippen molar-refractivity contribution in [2.24, 2.45) is 0 Å². The zero-order valence-electron chi connectivity index (χ0n) is 10.2. The fraction of sp³-hybridized carbons (Fsp3) is 0.250. The van der Waals surface area contributed by atoms with Gasteiger partial charge in [-0.1, -0.05) is 0 Å². The van der Waals surface area contributed by atoms with Gasteiger partial charge >= 0.3 is 6.03 Å². The number of carbonyl (C=O) groups is 3. The number of nitrogen functional groups attached to an aromatic ring is 1. The fourth-order valence-corrected chi connectivity index (χ4v) is 1.68. The van der Waals surface area contributed by atoms with E-state index in [4.69, 9.17) is 5.73 Å². The molecule has 0 radical (unpaired) electrons. The van der Waals surface area contributed by atoms with Gasteiger partial charge in [-0.05, 0) is 24.3 Å². The van der Waals surface area contributed by atoms with E-state index in [1.54, 1.807) is 24.3 Å². The van der Waals surface area contributed by atoms with Crippen LogP contribution < -0.4 is 16.4 Å². The molecular weight excluding hydrogens is 248 g/mol. The SMILES string of the molecule is Nc1ccc(NC(=O)CCN2C(=O)CNC2=O)cc1. The van der Waals surface area contributed by atoms with Crippen LogP contribution in [0.1, 0.15) is 6.42 Å². The minimum Gasteiger partial charge on any atom is -0.399 e. The van der Waals surface area contributed by atoms with Gasteiger partial charge in [0.05, 0.1) is 6.54 Å². The zero-order chi connectivity index (χ0) is 13.8. The van der Waals surface area contributed by atoms with Crippen molar-refractivity contribution >= 4 is 29.2 Å². The van der Waals surface area contributed by atoms with Crippen LogP contribution in [0.3, 0.4) is 0 Å². The van der Waals surface area contributed by atoms with Crippen LogP contribution in [0.5, 0.6) is 0 Å². The van der Waals surface area contributed by atoms with Crippen LogP contribution in [0.15, 0.2) is 24.3 Å². The molecule has 19 heavy (non-hydrogen) atoms. The van der Waals surface area contributed by atoms with Crippen LogP contribution in [0, 0.1) is 0 Å². The van der Waals surface area contributed by atoms with E-state index in [1.165, 1.54) is 0 Å². The molecule has 1 saturated heterocycles. The minimum atomic E-state index is -0.453. The monoisotopic (exact) mass is 262 g/mol. The summed E-state index contributed by atoms with van der Waals surface area (Å²) < 4.78 is 0. The third-order valence-electron chi connectivity index (χ3n) is 2.69. The Bertz CT molecular complexity index is 496. The molecule has 0 unspecified atom stereocenters. The molecule has 100 valence electrons. The van der Waals surface area contributed by atoms with Gasteiger partial charge in [0.15, 0.2) is 0 Å². The standard InChI is InChI=1S/C12H14N4O3/c13-8-1-3-9(4-2-8)15-10(17)5-6-16-11(18)7-14-12(16)19/h1-4H,5-7,13H2,(H,14,19)(H,15,17). The molecule has 1 heterocycles. The number of urea groups is 1. The lowest BCUT2D eigenvalue weighted by Crippen LogP contribution is -2.33. The Kier molecular flexibility index (Phi) is 3.65. The maximum absolute atomic E-state index is 11.7. The van der Waals surface area contributed by atoms with E-state index in [2.05, 4.69) is 10.6 Å². The Hall–Kier alpha value is -2.57. The number of nitrogens with two attached hydrogens (primary N) is 1. The van der Waals surface area contributed by atoms with Crippen molar-refractivity contribution < 1.29 is 14.4 Å². The first-order chi connectivity index (χ1) is 9.06. The number of anilines is 2. The van der Waals surface area contributed by atoms with Crippen molar-refractivity contribution in [3.63, 3.8) is 0 Å². The van der Waals surface area contributed by atoms with Gasteiger partial charge in [0.25, 0.3) is 0 Å². The molecule has 7 nitrogen and oxygen atoms in total. The topological polar surface area (TPSA) is 105 Å². The Labute approximate surface area is 109 Å². The van der Waals surface area contributed by atoms with Crippen molar-refractivity contribution in [2.75, 3.05) is 24.1 Å². The van der Waals surface area contributed by atoms with Gasteiger partial charge in [0.1, 0.15) is 0 Å². The highest BCUT2D eigenvalue weighted by molar-refractivity contribution is 6.02. The highest BCUT2D eigenvalue weighted by Gasteiger charge is 2.28. The number of hydrogen-bond acceptors (Lipinski definition) is 4. The van der Waals surface area contributed by atoms with Crippen molar-refractivity contribution in [1.82, 2.24) is 10.2 Å². The average molecular weight is 262 g/mol. The van der Waals surface area contributed by atoms with Gasteiger partial charge in [-0.15, -0.1) is 0 Å². The highest BCUT2D eigenvalue weighted by Crippen LogP contribution is 2.11. The molecule has 0 atom stereocenters. The van der Waals surface area contributed by atoms with Gasteiger partial charge < -0.3 is 16.4 Å². The first kappa shape index (κ1) is 12.9. The molecule has 0 aromatic heterocycles. The maximum atomic E-state index is 11.7. The van der Waals surface area contributed by atoms with Gasteiger partial charge in [-0.2, -0.15) is 0 Å². The molecule has 1 aromatic carbocycles. The van der Waals surface area contributed by atoms with Gasteiger partial charge in [-0.25, -0.2) is 4.79 Å². The average Bonchev–Trinajstić information content (AvgIpc) is 2.70. The lowest BCUT2D eigenvalue weighted by Gasteiger charge is -2.12. The molecule has 1 aliphatic rings. The summed E-state index contributed by atoms with van der Waals surface area (Å²) in [5, 5.41) is 5.05. The third kappa shape index (κ3) is 3.21. The van der Waals surface area contributed by atoms with E-state index >= 15 is 0 Å². The predicted molar refractivity (Wildman–Crippen MR) is 69.2 cm³/mol. The van der Waals surface area contributed by atoms with E-state index in [-0.39, 0.29) is 31.3 Å². The van der Waals surface area contributed by atoms with Crippen LogP contribution in [0.2, 0.25) is 0 Å². The van der Waals surface area contributed by atoms with E-state index in [0.29, 0.717) is 11.4 Å². The number of amides is 4. The summed E-state index contributed by atoms with van der Waals surface area (Å²) in [5.74, 6) is -0.581. The first-order valence-corrected chi connectivity index (χ1v) is 5.80. The second-order valence-corrected chi connectivity index (χ2v) is 4.12. The Balaban J connectivity index is 1.83. The molecule has 0 saturated carbocycles. The molecule has 1 fully saturated rings. The number of carbonyl (C=O) groups excluding carboxylic acids is 3. The highest BCUT2D eigenvalue weighted by atomic mass is 16.2. The summed E-state index contributed by atoms with van der Waals surface area (Å²) in [7, 11) is 0. The van der Waals surface area contributed by atoms with Crippen LogP contribution in [0.4, 0.5) is 16.2 Å². The van der Waals surface area contributed by atoms with Crippen molar-refractivity contribution in [3.05, 3.63) is 24.3 Å². The third-order valence-corrected chi connectivity index (χ3v) is 2.69. The normalized spacial score (nSPS) is 14.4. The van der Waals surface area contributed by atoms with Crippen molar-refractivity contribution in [1.29, 1.82) is 0 Å².